The summed E-state index contributed by atoms with van der Waals surface area (Å²) in [7, 11) is 0. The summed E-state index contributed by atoms with van der Waals surface area (Å²) < 4.78 is 15.6. The molecule has 1 amide bonds. The molecule has 1 N–H and O–H groups in total. The van der Waals surface area contributed by atoms with Gasteiger partial charge in [0.15, 0.2) is 17.6 Å². The zero-order valence-electron chi connectivity index (χ0n) is 12.7. The van der Waals surface area contributed by atoms with Gasteiger partial charge in [0.25, 0.3) is 5.91 Å². The van der Waals surface area contributed by atoms with Gasteiger partial charge in [-0.1, -0.05) is 23.7 Å². The van der Waals surface area contributed by atoms with Crippen LogP contribution in [0.15, 0.2) is 42.5 Å². The lowest BCUT2D eigenvalue weighted by molar-refractivity contribution is -0.123. The fourth-order valence-electron chi connectivity index (χ4n) is 2.12. The Morgan fingerprint density at radius 3 is 2.71 bits per heavy atom. The summed E-state index contributed by atoms with van der Waals surface area (Å²) in [5.74, 6) is 0.0444. The second-order valence-electron chi connectivity index (χ2n) is 5.08. The van der Waals surface area contributed by atoms with E-state index in [1.54, 1.807) is 36.4 Å². The van der Waals surface area contributed by atoms with Crippen LogP contribution in [0.1, 0.15) is 17.3 Å². The van der Waals surface area contributed by atoms with E-state index in [2.05, 4.69) is 5.32 Å². The van der Waals surface area contributed by atoms with Crippen LogP contribution in [0.5, 0.6) is 11.5 Å². The first kappa shape index (κ1) is 16.1. The van der Waals surface area contributed by atoms with Crippen molar-refractivity contribution in [1.82, 2.24) is 0 Å². The second-order valence-corrected chi connectivity index (χ2v) is 5.49. The summed E-state index contributed by atoms with van der Waals surface area (Å²) in [6, 6.07) is 11.5. The number of rotatable bonds is 4. The predicted octanol–water partition coefficient (Wildman–Crippen LogP) is 3.25. The van der Waals surface area contributed by atoms with Crippen molar-refractivity contribution in [2.45, 2.75) is 13.0 Å². The largest absolute Gasteiger partial charge is 0.454 e. The summed E-state index contributed by atoms with van der Waals surface area (Å²) in [6.07, 6.45) is -0.987. The fourth-order valence-corrected chi connectivity index (χ4v) is 2.34. The van der Waals surface area contributed by atoms with Crippen molar-refractivity contribution in [2.24, 2.45) is 0 Å². The molecule has 0 saturated heterocycles. The highest BCUT2D eigenvalue weighted by Crippen LogP contribution is 2.34. The Balaban J connectivity index is 1.63. The van der Waals surface area contributed by atoms with E-state index in [1.807, 2.05) is 0 Å². The molecular formula is C17H14ClNO5. The number of anilines is 1. The van der Waals surface area contributed by atoms with Crippen LogP contribution in [-0.4, -0.2) is 24.8 Å². The third-order valence-corrected chi connectivity index (χ3v) is 3.72. The molecule has 1 atom stereocenters. The summed E-state index contributed by atoms with van der Waals surface area (Å²) in [5.41, 5.74) is 0.729. The standard InChI is InChI=1S/C17H14ClNO5/c1-10(24-17(21)12-4-2-3-5-13(12)18)16(20)19-11-6-7-14-15(8-11)23-9-22-14/h2-8,10H,9H2,1H3,(H,19,20). The summed E-state index contributed by atoms with van der Waals surface area (Å²) in [6.45, 7) is 1.63. The Morgan fingerprint density at radius 1 is 1.17 bits per heavy atom. The van der Waals surface area contributed by atoms with Crippen molar-refractivity contribution in [2.75, 3.05) is 12.1 Å². The molecule has 2 aromatic carbocycles. The van der Waals surface area contributed by atoms with E-state index in [4.69, 9.17) is 25.8 Å². The maximum Gasteiger partial charge on any atom is 0.340 e. The van der Waals surface area contributed by atoms with Crippen LogP contribution >= 0.6 is 11.6 Å². The van der Waals surface area contributed by atoms with Gasteiger partial charge in [-0.05, 0) is 31.2 Å². The van der Waals surface area contributed by atoms with E-state index in [0.717, 1.165) is 0 Å². The van der Waals surface area contributed by atoms with Gasteiger partial charge in [0.05, 0.1) is 10.6 Å². The lowest BCUT2D eigenvalue weighted by Crippen LogP contribution is -2.30. The summed E-state index contributed by atoms with van der Waals surface area (Å²) >= 11 is 5.94. The first-order chi connectivity index (χ1) is 11.5. The second kappa shape index (κ2) is 6.80. The third-order valence-electron chi connectivity index (χ3n) is 3.39. The van der Waals surface area contributed by atoms with Gasteiger partial charge in [0, 0.05) is 11.8 Å². The van der Waals surface area contributed by atoms with E-state index >= 15 is 0 Å². The third kappa shape index (κ3) is 3.44. The number of ether oxygens (including phenoxy) is 3. The number of amides is 1. The molecule has 1 aliphatic heterocycles. The van der Waals surface area contributed by atoms with Gasteiger partial charge in [-0.2, -0.15) is 0 Å². The van der Waals surface area contributed by atoms with E-state index in [-0.39, 0.29) is 17.4 Å². The molecule has 24 heavy (non-hydrogen) atoms. The van der Waals surface area contributed by atoms with Crippen molar-refractivity contribution in [1.29, 1.82) is 0 Å². The van der Waals surface area contributed by atoms with E-state index in [9.17, 15) is 9.59 Å². The Hall–Kier alpha value is -2.73. The van der Waals surface area contributed by atoms with Crippen LogP contribution in [0.2, 0.25) is 5.02 Å². The molecule has 1 unspecified atom stereocenters. The SMILES string of the molecule is CC(OC(=O)c1ccccc1Cl)C(=O)Nc1ccc2c(c1)OCO2. The average Bonchev–Trinajstić information content (AvgIpc) is 3.02. The number of carbonyl (C=O) groups is 2. The zero-order valence-corrected chi connectivity index (χ0v) is 13.5. The van der Waals surface area contributed by atoms with Crippen LogP contribution in [0.4, 0.5) is 5.69 Å². The number of esters is 1. The molecule has 0 radical (unpaired) electrons. The highest BCUT2D eigenvalue weighted by Gasteiger charge is 2.21. The van der Waals surface area contributed by atoms with Gasteiger partial charge in [-0.3, -0.25) is 4.79 Å². The minimum Gasteiger partial charge on any atom is -0.454 e. The van der Waals surface area contributed by atoms with Crippen molar-refractivity contribution in [3.8, 4) is 11.5 Å². The monoisotopic (exact) mass is 347 g/mol. The van der Waals surface area contributed by atoms with Crippen LogP contribution in [0.25, 0.3) is 0 Å². The molecule has 0 bridgehead atoms. The smallest absolute Gasteiger partial charge is 0.340 e. The molecule has 0 fully saturated rings. The Labute approximate surface area is 143 Å². The molecule has 0 spiro atoms. The van der Waals surface area contributed by atoms with Gasteiger partial charge in [0.1, 0.15) is 0 Å². The summed E-state index contributed by atoms with van der Waals surface area (Å²) in [5, 5.41) is 2.93. The number of halogens is 1. The number of hydrogen-bond acceptors (Lipinski definition) is 5. The highest BCUT2D eigenvalue weighted by molar-refractivity contribution is 6.33. The maximum atomic E-state index is 12.2. The van der Waals surface area contributed by atoms with Crippen molar-refractivity contribution >= 4 is 29.2 Å². The Kier molecular flexibility index (Phi) is 4.57. The molecule has 1 heterocycles. The molecule has 3 rings (SSSR count). The molecule has 7 heteroatoms. The molecule has 6 nitrogen and oxygen atoms in total. The lowest BCUT2D eigenvalue weighted by Gasteiger charge is -2.14. The average molecular weight is 348 g/mol. The van der Waals surface area contributed by atoms with Crippen LogP contribution in [0.3, 0.4) is 0 Å². The Bertz CT molecular complexity index is 792. The zero-order chi connectivity index (χ0) is 17.1. The van der Waals surface area contributed by atoms with Gasteiger partial charge in [-0.25, -0.2) is 4.79 Å². The molecule has 0 aromatic heterocycles. The molecule has 2 aromatic rings. The van der Waals surface area contributed by atoms with Gasteiger partial charge in [0.2, 0.25) is 6.79 Å². The molecule has 0 saturated carbocycles. The molecule has 0 aliphatic carbocycles. The highest BCUT2D eigenvalue weighted by atomic mass is 35.5. The minimum absolute atomic E-state index is 0.151. The van der Waals surface area contributed by atoms with Crippen molar-refractivity contribution in [3.63, 3.8) is 0 Å². The number of benzene rings is 2. The van der Waals surface area contributed by atoms with Crippen LogP contribution < -0.4 is 14.8 Å². The lowest BCUT2D eigenvalue weighted by atomic mass is 10.2. The van der Waals surface area contributed by atoms with Crippen molar-refractivity contribution in [3.05, 3.63) is 53.1 Å². The molecule has 124 valence electrons. The maximum absolute atomic E-state index is 12.2. The number of fused-ring (bicyclic) bond motifs is 1. The first-order valence-corrected chi connectivity index (χ1v) is 7.58. The fraction of sp³-hybridized carbons (Fsp3) is 0.176. The number of nitrogens with one attached hydrogen (secondary N) is 1. The van der Waals surface area contributed by atoms with E-state index in [0.29, 0.717) is 17.2 Å². The number of hydrogen-bond donors (Lipinski definition) is 1. The first-order valence-electron chi connectivity index (χ1n) is 7.20. The topological polar surface area (TPSA) is 73.9 Å². The van der Waals surface area contributed by atoms with Gasteiger partial charge >= 0.3 is 5.97 Å². The van der Waals surface area contributed by atoms with Crippen LogP contribution in [-0.2, 0) is 9.53 Å². The predicted molar refractivity (Wildman–Crippen MR) is 87.5 cm³/mol. The normalized spacial score (nSPS) is 13.2. The van der Waals surface area contributed by atoms with Crippen molar-refractivity contribution < 1.29 is 23.8 Å². The minimum atomic E-state index is -0.987. The van der Waals surface area contributed by atoms with E-state index < -0.39 is 18.0 Å². The van der Waals surface area contributed by atoms with E-state index in [1.165, 1.54) is 13.0 Å². The van der Waals surface area contributed by atoms with Gasteiger partial charge < -0.3 is 19.5 Å². The van der Waals surface area contributed by atoms with Gasteiger partial charge in [-0.15, -0.1) is 0 Å². The molecule has 1 aliphatic rings. The molecular weight excluding hydrogens is 334 g/mol. The van der Waals surface area contributed by atoms with Crippen LogP contribution in [0, 0.1) is 0 Å². The Morgan fingerprint density at radius 2 is 1.92 bits per heavy atom. The summed E-state index contributed by atoms with van der Waals surface area (Å²) in [4.78, 5) is 24.2. The quantitative estimate of drug-likeness (QED) is 0.859. The number of carbonyl (C=O) groups excluding carboxylic acids is 2.